The number of rotatable bonds is 20. The van der Waals surface area contributed by atoms with Crippen LogP contribution in [0.25, 0.3) is 22.5 Å². The average molecular weight is 1070 g/mol. The maximum Gasteiger partial charge on any atom is 0.407 e. The second-order valence-electron chi connectivity index (χ2n) is 21.2. The molecule has 0 aliphatic rings. The number of aldehydes is 1. The van der Waals surface area contributed by atoms with E-state index in [4.69, 9.17) is 30.3 Å². The van der Waals surface area contributed by atoms with Gasteiger partial charge >= 0.3 is 12.2 Å². The van der Waals surface area contributed by atoms with Crippen LogP contribution in [0.1, 0.15) is 87.5 Å². The minimum atomic E-state index is -1.19. The largest absolute Gasteiger partial charge is 0.445 e. The van der Waals surface area contributed by atoms with Crippen LogP contribution >= 0.6 is 0 Å². The van der Waals surface area contributed by atoms with E-state index < -0.39 is 24.4 Å². The minimum Gasteiger partial charge on any atom is -0.445 e. The standard InChI is InChI=1S/C32H38N4O3.C21H25N3.C11H13NO4/c1-32(2,3)29(33-19-27(37)20-34-31(38)39-23-25-15-9-5-10-16-25)30-35-28(26-17-11-6-12-18-26)22-36(30)21-24-13-7-4-8-14-24;1-21(2,3)19(22)20-23-18(17-12-8-5-9-13-17)15-24(20)14-16-10-6-4-7-11-16;13-7-10(14)6-12-11(15)16-8-9-4-2-1-3-5-9/h4-18,22,27,29,33,37H,19-21,23H2,1-3H3,(H,34,38);4-13,15,19H,14,22H2,1-3H3;1-5,7,10,14H,6,8H2,(H,12,15)/t27?,29-;19-;/m00./s1. The summed E-state index contributed by atoms with van der Waals surface area (Å²) < 4.78 is 14.5. The molecule has 2 heterocycles. The van der Waals surface area contributed by atoms with Gasteiger partial charge in [-0.1, -0.05) is 224 Å². The molecule has 0 radical (unpaired) electrons. The Hall–Kier alpha value is -8.21. The highest BCUT2D eigenvalue weighted by molar-refractivity contribution is 5.68. The van der Waals surface area contributed by atoms with Crippen molar-refractivity contribution < 1.29 is 34.1 Å². The zero-order chi connectivity index (χ0) is 56.6. The Balaban J connectivity index is 0.000000213. The molecule has 6 aromatic carbocycles. The number of nitrogens with zero attached hydrogens (tertiary/aromatic N) is 4. The van der Waals surface area contributed by atoms with E-state index in [1.165, 1.54) is 11.1 Å². The number of aliphatic hydroxyl groups is 2. The number of imidazole rings is 2. The summed E-state index contributed by atoms with van der Waals surface area (Å²) in [6.07, 6.45) is 1.34. The summed E-state index contributed by atoms with van der Waals surface area (Å²) in [5.74, 6) is 1.83. The summed E-state index contributed by atoms with van der Waals surface area (Å²) in [7, 11) is 0. The van der Waals surface area contributed by atoms with Crippen molar-refractivity contribution in [2.24, 2.45) is 16.6 Å². The number of carbonyl (C=O) groups is 3. The molecule has 8 aromatic rings. The minimum absolute atomic E-state index is 0.0479. The molecule has 414 valence electrons. The number of hydrogen-bond donors (Lipinski definition) is 6. The number of amides is 2. The summed E-state index contributed by atoms with van der Waals surface area (Å²) in [5.41, 5.74) is 14.5. The third-order valence-corrected chi connectivity index (χ3v) is 12.6. The predicted molar refractivity (Wildman–Crippen MR) is 310 cm³/mol. The van der Waals surface area contributed by atoms with Crippen molar-refractivity contribution in [3.8, 4) is 22.5 Å². The Labute approximate surface area is 464 Å². The number of benzene rings is 6. The molecule has 7 N–H and O–H groups in total. The second kappa shape index (κ2) is 30.1. The zero-order valence-corrected chi connectivity index (χ0v) is 46.1. The maximum absolute atomic E-state index is 12.1. The lowest BCUT2D eigenvalue weighted by atomic mass is 9.86. The number of alkyl carbamates (subject to hydrolysis) is 2. The number of carbonyl (C=O) groups excluding carboxylic acids is 3. The van der Waals surface area contributed by atoms with Crippen molar-refractivity contribution in [2.75, 3.05) is 19.6 Å². The van der Waals surface area contributed by atoms with Crippen molar-refractivity contribution >= 4 is 18.5 Å². The molecule has 0 aliphatic carbocycles. The Morgan fingerprint density at radius 2 is 0.899 bits per heavy atom. The van der Waals surface area contributed by atoms with Crippen LogP contribution in [0.15, 0.2) is 194 Å². The van der Waals surface area contributed by atoms with E-state index in [1.54, 1.807) is 0 Å². The molecule has 8 rings (SSSR count). The summed E-state index contributed by atoms with van der Waals surface area (Å²) in [4.78, 5) is 43.2. The van der Waals surface area contributed by atoms with Crippen LogP contribution in [0.5, 0.6) is 0 Å². The molecule has 0 saturated heterocycles. The van der Waals surface area contributed by atoms with E-state index in [1.807, 2.05) is 121 Å². The van der Waals surface area contributed by atoms with Gasteiger partial charge in [0.25, 0.3) is 0 Å². The van der Waals surface area contributed by atoms with Gasteiger partial charge in [0.05, 0.1) is 36.1 Å². The first-order valence-electron chi connectivity index (χ1n) is 26.5. The Bertz CT molecular complexity index is 3040. The van der Waals surface area contributed by atoms with Crippen LogP contribution in [0, 0.1) is 10.8 Å². The number of ether oxygens (including phenoxy) is 2. The van der Waals surface area contributed by atoms with Gasteiger partial charge < -0.3 is 55.3 Å². The quantitative estimate of drug-likeness (QED) is 0.0396. The van der Waals surface area contributed by atoms with Gasteiger partial charge in [-0.3, -0.25) is 0 Å². The van der Waals surface area contributed by atoms with Gasteiger partial charge in [-0.15, -0.1) is 0 Å². The first kappa shape index (κ1) is 60.0. The molecule has 15 nitrogen and oxygen atoms in total. The highest BCUT2D eigenvalue weighted by Gasteiger charge is 2.32. The van der Waals surface area contributed by atoms with Crippen LogP contribution in [-0.4, -0.2) is 79.6 Å². The number of nitrogens with two attached hydrogens (primary N) is 1. The van der Waals surface area contributed by atoms with Crippen LogP contribution < -0.4 is 21.7 Å². The van der Waals surface area contributed by atoms with Gasteiger partial charge in [-0.2, -0.15) is 0 Å². The SMILES string of the molecule is CC(C)(C)[C@@H](N)c1nc(-c2ccccc2)cn1Cc1ccccc1.CC(C)(C)[C@@H](NCC(O)CNC(=O)OCc1ccccc1)c1nc(-c2ccccc2)cn1Cc1ccccc1.O=CC(O)CNC(=O)OCc1ccccc1. The summed E-state index contributed by atoms with van der Waals surface area (Å²) in [6, 6.07) is 59.6. The van der Waals surface area contributed by atoms with Crippen molar-refractivity contribution in [3.05, 3.63) is 228 Å². The van der Waals surface area contributed by atoms with Gasteiger partial charge in [0.1, 0.15) is 37.3 Å². The van der Waals surface area contributed by atoms with E-state index in [9.17, 15) is 19.5 Å². The molecule has 2 aromatic heterocycles. The molecule has 0 fully saturated rings. The fourth-order valence-corrected chi connectivity index (χ4v) is 8.13. The molecular formula is C64H76N8O7. The topological polar surface area (TPSA) is 208 Å². The van der Waals surface area contributed by atoms with E-state index in [-0.39, 0.29) is 55.8 Å². The van der Waals surface area contributed by atoms with Gasteiger partial charge in [0, 0.05) is 49.7 Å². The molecule has 2 amide bonds. The van der Waals surface area contributed by atoms with Gasteiger partial charge in [-0.05, 0) is 33.1 Å². The number of nitrogens with one attached hydrogen (secondary N) is 3. The molecular weight excluding hydrogens is 993 g/mol. The van der Waals surface area contributed by atoms with Crippen LogP contribution in [-0.2, 0) is 40.6 Å². The number of aromatic nitrogens is 4. The fraction of sp³-hybridized carbons (Fsp3) is 0.297. The molecule has 0 aliphatic heterocycles. The molecule has 0 saturated carbocycles. The summed E-state index contributed by atoms with van der Waals surface area (Å²) in [5, 5.41) is 28.0. The van der Waals surface area contributed by atoms with E-state index >= 15 is 0 Å². The average Bonchev–Trinajstić information content (AvgIpc) is 4.22. The lowest BCUT2D eigenvalue weighted by Gasteiger charge is -2.32. The summed E-state index contributed by atoms with van der Waals surface area (Å²) in [6.45, 7) is 14.9. The zero-order valence-electron chi connectivity index (χ0n) is 46.1. The molecule has 2 unspecified atom stereocenters. The van der Waals surface area contributed by atoms with E-state index in [0.717, 1.165) is 51.8 Å². The highest BCUT2D eigenvalue weighted by Crippen LogP contribution is 2.35. The smallest absolute Gasteiger partial charge is 0.407 e. The Kier molecular flexibility index (Phi) is 22.9. The van der Waals surface area contributed by atoms with Crippen LogP contribution in [0.2, 0.25) is 0 Å². The first-order valence-corrected chi connectivity index (χ1v) is 26.5. The normalized spacial score (nSPS) is 12.7. The summed E-state index contributed by atoms with van der Waals surface area (Å²) >= 11 is 0. The Morgan fingerprint density at radius 1 is 0.532 bits per heavy atom. The fourth-order valence-electron chi connectivity index (χ4n) is 8.13. The lowest BCUT2D eigenvalue weighted by molar-refractivity contribution is -0.114. The third kappa shape index (κ3) is 20.0. The van der Waals surface area contributed by atoms with Crippen LogP contribution in [0.4, 0.5) is 9.59 Å². The molecule has 79 heavy (non-hydrogen) atoms. The van der Waals surface area contributed by atoms with Crippen molar-refractivity contribution in [1.82, 2.24) is 35.1 Å². The molecule has 0 bridgehead atoms. The Morgan fingerprint density at radius 3 is 1.29 bits per heavy atom. The van der Waals surface area contributed by atoms with Crippen molar-refractivity contribution in [2.45, 2.75) is 92.1 Å². The first-order chi connectivity index (χ1) is 38.0. The third-order valence-electron chi connectivity index (χ3n) is 12.6. The highest BCUT2D eigenvalue weighted by atomic mass is 16.6. The van der Waals surface area contributed by atoms with Gasteiger partial charge in [0.2, 0.25) is 0 Å². The van der Waals surface area contributed by atoms with Crippen molar-refractivity contribution in [1.29, 1.82) is 0 Å². The van der Waals surface area contributed by atoms with E-state index in [2.05, 4.69) is 140 Å². The molecule has 0 spiro atoms. The second-order valence-corrected chi connectivity index (χ2v) is 21.2. The van der Waals surface area contributed by atoms with Gasteiger partial charge in [-0.25, -0.2) is 19.6 Å². The lowest BCUT2D eigenvalue weighted by Crippen LogP contribution is -2.42. The maximum atomic E-state index is 12.1. The molecule has 15 heteroatoms. The monoisotopic (exact) mass is 1070 g/mol. The van der Waals surface area contributed by atoms with E-state index in [0.29, 0.717) is 12.8 Å². The number of aliphatic hydroxyl groups excluding tert-OH is 2. The number of hydrogen-bond acceptors (Lipinski definition) is 11. The van der Waals surface area contributed by atoms with Crippen molar-refractivity contribution in [3.63, 3.8) is 0 Å². The molecule has 4 atom stereocenters. The van der Waals surface area contributed by atoms with Crippen LogP contribution in [0.3, 0.4) is 0 Å². The van der Waals surface area contributed by atoms with Gasteiger partial charge in [0.15, 0.2) is 0 Å². The predicted octanol–water partition coefficient (Wildman–Crippen LogP) is 10.7.